The zero-order valence-electron chi connectivity index (χ0n) is 4.79. The molecule has 0 aliphatic rings. The average Bonchev–Trinajstić information content (AvgIpc) is 1.90. The van der Waals surface area contributed by atoms with Crippen LogP contribution in [0.5, 0.6) is 0 Å². The van der Waals surface area contributed by atoms with Crippen LogP contribution < -0.4 is 3.58 Å². The van der Waals surface area contributed by atoms with Gasteiger partial charge < -0.3 is 5.48 Å². The van der Waals surface area contributed by atoms with Crippen molar-refractivity contribution < 1.29 is 8.55 Å². The number of benzene rings is 1. The maximum atomic E-state index is 10.3. The first kappa shape index (κ1) is 8.78. The molecule has 0 saturated carbocycles. The van der Waals surface area contributed by atoms with Gasteiger partial charge in [-0.05, 0) is 0 Å². The summed E-state index contributed by atoms with van der Waals surface area (Å²) in [5, 5.41) is 0. The Morgan fingerprint density at radius 1 is 1.11 bits per heavy atom. The van der Waals surface area contributed by atoms with Crippen molar-refractivity contribution in [1.29, 1.82) is 0 Å². The number of hydrogen-bond acceptors (Lipinski definition) is 1. The molecular formula is C6H7O2Sn. The second-order valence-corrected chi connectivity index (χ2v) is 3.70. The van der Waals surface area contributed by atoms with Crippen molar-refractivity contribution in [2.24, 2.45) is 0 Å². The third-order valence-corrected chi connectivity index (χ3v) is 2.52. The molecule has 0 amide bonds. The Kier molecular flexibility index (Phi) is 4.52. The molecule has 0 saturated heterocycles. The van der Waals surface area contributed by atoms with Crippen LogP contribution >= 0.6 is 0 Å². The molecular weight excluding hydrogens is 223 g/mol. The van der Waals surface area contributed by atoms with E-state index < -0.39 is 21.1 Å². The molecule has 0 heterocycles. The van der Waals surface area contributed by atoms with Crippen LogP contribution in [0.2, 0.25) is 0 Å². The van der Waals surface area contributed by atoms with Crippen LogP contribution in [0, 0.1) is 0 Å². The zero-order chi connectivity index (χ0) is 5.82. The van der Waals surface area contributed by atoms with Crippen molar-refractivity contribution in [2.75, 3.05) is 0 Å². The fraction of sp³-hybridized carbons (Fsp3) is 0. The summed E-state index contributed by atoms with van der Waals surface area (Å²) >= 11 is -1.39. The van der Waals surface area contributed by atoms with Crippen molar-refractivity contribution in [2.45, 2.75) is 0 Å². The third kappa shape index (κ3) is 2.72. The minimum atomic E-state index is -1.39. The molecule has 1 rings (SSSR count). The van der Waals surface area contributed by atoms with Gasteiger partial charge in [0, 0.05) is 0 Å². The summed E-state index contributed by atoms with van der Waals surface area (Å²) < 4.78 is 11.3. The molecule has 0 spiro atoms. The summed E-state index contributed by atoms with van der Waals surface area (Å²) in [7, 11) is 0. The van der Waals surface area contributed by atoms with Crippen LogP contribution in [-0.4, -0.2) is 26.6 Å². The first-order chi connectivity index (χ1) is 3.93. The fourth-order valence-electron chi connectivity index (χ4n) is 0.506. The minimum absolute atomic E-state index is 0. The predicted octanol–water partition coefficient (Wildman–Crippen LogP) is -0.463. The van der Waals surface area contributed by atoms with E-state index in [9.17, 15) is 3.08 Å². The summed E-state index contributed by atoms with van der Waals surface area (Å²) in [5.74, 6) is 0. The Hall–Kier alpha value is -0.221. The van der Waals surface area contributed by atoms with E-state index in [1.165, 1.54) is 0 Å². The van der Waals surface area contributed by atoms with E-state index in [1.807, 2.05) is 30.3 Å². The van der Waals surface area contributed by atoms with Crippen molar-refractivity contribution in [3.05, 3.63) is 30.3 Å². The first-order valence-electron chi connectivity index (χ1n) is 2.36. The monoisotopic (exact) mass is 231 g/mol. The molecule has 47 valence electrons. The topological polar surface area (TPSA) is 48.6 Å². The molecule has 1 aromatic carbocycles. The summed E-state index contributed by atoms with van der Waals surface area (Å²) in [6, 6.07) is 9.55. The normalized spacial score (nSPS) is 7.56. The second kappa shape index (κ2) is 4.64. The van der Waals surface area contributed by atoms with Gasteiger partial charge in [-0.3, -0.25) is 0 Å². The van der Waals surface area contributed by atoms with E-state index >= 15 is 0 Å². The van der Waals surface area contributed by atoms with E-state index in [1.54, 1.807) is 0 Å². The molecule has 2 nitrogen and oxygen atoms in total. The molecule has 0 aromatic heterocycles. The molecule has 2 N–H and O–H groups in total. The van der Waals surface area contributed by atoms with E-state index in [4.69, 9.17) is 0 Å². The molecule has 3 heteroatoms. The van der Waals surface area contributed by atoms with Crippen molar-refractivity contribution in [3.63, 3.8) is 0 Å². The molecule has 0 unspecified atom stereocenters. The SMILES string of the molecule is O.[O]=[Sn][c]1ccccc1. The van der Waals surface area contributed by atoms with Gasteiger partial charge in [-0.1, -0.05) is 0 Å². The van der Waals surface area contributed by atoms with E-state index in [2.05, 4.69) is 0 Å². The van der Waals surface area contributed by atoms with Crippen molar-refractivity contribution >= 4 is 24.7 Å². The molecule has 1 radical (unpaired) electrons. The van der Waals surface area contributed by atoms with Crippen molar-refractivity contribution in [1.82, 2.24) is 0 Å². The molecule has 1 aromatic rings. The fourth-order valence-corrected chi connectivity index (χ4v) is 1.44. The van der Waals surface area contributed by atoms with Gasteiger partial charge in [0.1, 0.15) is 0 Å². The zero-order valence-corrected chi connectivity index (χ0v) is 7.65. The second-order valence-electron chi connectivity index (χ2n) is 1.47. The third-order valence-electron chi connectivity index (χ3n) is 0.892. The van der Waals surface area contributed by atoms with Gasteiger partial charge >= 0.3 is 58.1 Å². The Bertz CT molecular complexity index is 174. The number of rotatable bonds is 1. The van der Waals surface area contributed by atoms with E-state index in [0.29, 0.717) is 0 Å². The van der Waals surface area contributed by atoms with Gasteiger partial charge in [0.25, 0.3) is 0 Å². The summed E-state index contributed by atoms with van der Waals surface area (Å²) in [6.45, 7) is 0. The van der Waals surface area contributed by atoms with Gasteiger partial charge in [-0.15, -0.1) is 0 Å². The van der Waals surface area contributed by atoms with Crippen LogP contribution in [0.3, 0.4) is 0 Å². The summed E-state index contributed by atoms with van der Waals surface area (Å²) in [5.41, 5.74) is 0. The van der Waals surface area contributed by atoms with Gasteiger partial charge in [0.2, 0.25) is 0 Å². The molecule has 0 aliphatic heterocycles. The Morgan fingerprint density at radius 2 is 1.67 bits per heavy atom. The molecule has 0 fully saturated rings. The van der Waals surface area contributed by atoms with Crippen LogP contribution in [-0.2, 0) is 3.08 Å². The van der Waals surface area contributed by atoms with Crippen LogP contribution in [0.15, 0.2) is 30.3 Å². The van der Waals surface area contributed by atoms with Crippen LogP contribution in [0.1, 0.15) is 0 Å². The Morgan fingerprint density at radius 3 is 2.00 bits per heavy atom. The quantitative estimate of drug-likeness (QED) is 0.602. The maximum absolute atomic E-state index is 10.3. The van der Waals surface area contributed by atoms with Gasteiger partial charge in [0.05, 0.1) is 0 Å². The number of hydrogen-bond donors (Lipinski definition) is 0. The molecule has 0 bridgehead atoms. The van der Waals surface area contributed by atoms with Gasteiger partial charge in [-0.2, -0.15) is 0 Å². The van der Waals surface area contributed by atoms with Gasteiger partial charge in [-0.25, -0.2) is 0 Å². The van der Waals surface area contributed by atoms with Crippen molar-refractivity contribution in [3.8, 4) is 0 Å². The molecule has 9 heavy (non-hydrogen) atoms. The van der Waals surface area contributed by atoms with E-state index in [0.717, 1.165) is 3.58 Å². The Balaban J connectivity index is 0.000000640. The Labute approximate surface area is 63.8 Å². The summed E-state index contributed by atoms with van der Waals surface area (Å²) in [4.78, 5) is 0. The average molecular weight is 230 g/mol. The molecule has 0 atom stereocenters. The standard InChI is InChI=1S/C6H5.H2O.O.Sn/c1-2-4-6-5-3-1;;;/h1-5H;1H2;;. The molecule has 0 aliphatic carbocycles. The predicted molar refractivity (Wildman–Crippen MR) is 36.1 cm³/mol. The van der Waals surface area contributed by atoms with Crippen LogP contribution in [0.25, 0.3) is 0 Å². The van der Waals surface area contributed by atoms with Crippen LogP contribution in [0.4, 0.5) is 0 Å². The summed E-state index contributed by atoms with van der Waals surface area (Å²) in [6.07, 6.45) is 0. The first-order valence-corrected chi connectivity index (χ1v) is 4.96. The van der Waals surface area contributed by atoms with E-state index in [-0.39, 0.29) is 5.48 Å². The van der Waals surface area contributed by atoms with Gasteiger partial charge in [0.15, 0.2) is 0 Å².